The van der Waals surface area contributed by atoms with Crippen LogP contribution in [0.1, 0.15) is 44.1 Å². The molecule has 0 aliphatic carbocycles. The second-order valence-corrected chi connectivity index (χ2v) is 6.57. The Morgan fingerprint density at radius 3 is 2.71 bits per heavy atom. The summed E-state index contributed by atoms with van der Waals surface area (Å²) in [6, 6.07) is 5.48. The van der Waals surface area contributed by atoms with Crippen LogP contribution in [0.2, 0.25) is 10.0 Å². The molecule has 0 amide bonds. The van der Waals surface area contributed by atoms with Gasteiger partial charge < -0.3 is 4.98 Å². The summed E-state index contributed by atoms with van der Waals surface area (Å²) in [5, 5.41) is 6.06. The first-order valence-electron chi connectivity index (χ1n) is 7.93. The number of nitrogens with zero attached hydrogens (tertiary/aromatic N) is 3. The molecule has 3 aromatic rings. The fourth-order valence-corrected chi connectivity index (χ4v) is 3.21. The molecular formula is C17H18Cl2N4O. The Labute approximate surface area is 149 Å². The van der Waals surface area contributed by atoms with Gasteiger partial charge in [-0.25, -0.2) is 9.67 Å². The minimum atomic E-state index is -0.189. The highest BCUT2D eigenvalue weighted by atomic mass is 35.5. The topological polar surface area (TPSA) is 63.6 Å². The van der Waals surface area contributed by atoms with Crippen molar-refractivity contribution < 1.29 is 0 Å². The second kappa shape index (κ2) is 6.95. The van der Waals surface area contributed by atoms with Gasteiger partial charge in [0.1, 0.15) is 11.2 Å². The fraction of sp³-hybridized carbons (Fsp3) is 0.353. The molecule has 24 heavy (non-hydrogen) atoms. The van der Waals surface area contributed by atoms with Gasteiger partial charge in [-0.15, -0.1) is 0 Å². The van der Waals surface area contributed by atoms with Crippen LogP contribution in [0.25, 0.3) is 11.0 Å². The van der Waals surface area contributed by atoms with Crippen LogP contribution in [0, 0.1) is 0 Å². The first-order chi connectivity index (χ1) is 11.5. The van der Waals surface area contributed by atoms with E-state index in [1.54, 1.807) is 24.4 Å². The Balaban J connectivity index is 2.08. The maximum atomic E-state index is 12.3. The standard InChI is InChI=1S/C17H18Cl2N4O/c1-3-12(4-2)23-16-13(9-20-23)17(24)22-15(21-16)8-10-7-11(18)5-6-14(10)19/h5-7,9,12H,3-4,8H2,1-2H3,(H,21,22,24). The SMILES string of the molecule is CCC(CC)n1ncc2c(=O)[nH]c(Cc3cc(Cl)ccc3Cl)nc21. The largest absolute Gasteiger partial charge is 0.310 e. The summed E-state index contributed by atoms with van der Waals surface area (Å²) >= 11 is 12.2. The van der Waals surface area contributed by atoms with Crippen molar-refractivity contribution in [2.75, 3.05) is 0 Å². The normalized spacial score (nSPS) is 11.5. The van der Waals surface area contributed by atoms with E-state index in [1.165, 1.54) is 0 Å². The molecule has 2 heterocycles. The van der Waals surface area contributed by atoms with Gasteiger partial charge in [-0.2, -0.15) is 5.10 Å². The Bertz CT molecular complexity index is 928. The van der Waals surface area contributed by atoms with Crippen LogP contribution in [0.4, 0.5) is 0 Å². The van der Waals surface area contributed by atoms with Crippen molar-refractivity contribution in [2.24, 2.45) is 0 Å². The summed E-state index contributed by atoms with van der Waals surface area (Å²) in [7, 11) is 0. The molecule has 5 nitrogen and oxygen atoms in total. The lowest BCUT2D eigenvalue weighted by molar-refractivity contribution is 0.438. The van der Waals surface area contributed by atoms with Crippen molar-refractivity contribution in [3.8, 4) is 0 Å². The van der Waals surface area contributed by atoms with Crippen molar-refractivity contribution >= 4 is 34.2 Å². The molecule has 0 aliphatic heterocycles. The predicted molar refractivity (Wildman–Crippen MR) is 97.0 cm³/mol. The fourth-order valence-electron chi connectivity index (χ4n) is 2.83. The number of hydrogen-bond donors (Lipinski definition) is 1. The molecule has 0 bridgehead atoms. The molecule has 3 rings (SSSR count). The lowest BCUT2D eigenvalue weighted by Gasteiger charge is -2.14. The molecule has 0 fully saturated rings. The third-order valence-electron chi connectivity index (χ3n) is 4.17. The number of fused-ring (bicyclic) bond motifs is 1. The van der Waals surface area contributed by atoms with Gasteiger partial charge in [0, 0.05) is 16.5 Å². The number of rotatable bonds is 5. The highest BCUT2D eigenvalue weighted by molar-refractivity contribution is 6.33. The molecule has 0 unspecified atom stereocenters. The van der Waals surface area contributed by atoms with Crippen LogP contribution in [0.15, 0.2) is 29.2 Å². The van der Waals surface area contributed by atoms with Crippen LogP contribution in [-0.4, -0.2) is 19.7 Å². The molecule has 0 spiro atoms. The maximum absolute atomic E-state index is 12.3. The molecule has 0 radical (unpaired) electrons. The smallest absolute Gasteiger partial charge is 0.262 e. The van der Waals surface area contributed by atoms with E-state index in [0.29, 0.717) is 33.3 Å². The number of benzene rings is 1. The summed E-state index contributed by atoms with van der Waals surface area (Å²) in [5.74, 6) is 0.546. The van der Waals surface area contributed by atoms with E-state index in [4.69, 9.17) is 23.2 Å². The summed E-state index contributed by atoms with van der Waals surface area (Å²) in [6.45, 7) is 4.20. The lowest BCUT2D eigenvalue weighted by atomic mass is 10.1. The highest BCUT2D eigenvalue weighted by Crippen LogP contribution is 2.23. The van der Waals surface area contributed by atoms with Gasteiger partial charge in [0.25, 0.3) is 5.56 Å². The zero-order valence-corrected chi connectivity index (χ0v) is 15.0. The van der Waals surface area contributed by atoms with Crippen molar-refractivity contribution in [3.63, 3.8) is 0 Å². The average molecular weight is 365 g/mol. The summed E-state index contributed by atoms with van der Waals surface area (Å²) in [6.07, 6.45) is 3.84. The highest BCUT2D eigenvalue weighted by Gasteiger charge is 2.16. The quantitative estimate of drug-likeness (QED) is 0.730. The number of nitrogens with one attached hydrogen (secondary N) is 1. The third-order valence-corrected chi connectivity index (χ3v) is 4.77. The summed E-state index contributed by atoms with van der Waals surface area (Å²) in [5.41, 5.74) is 1.24. The van der Waals surface area contributed by atoms with Gasteiger partial charge >= 0.3 is 0 Å². The van der Waals surface area contributed by atoms with Crippen LogP contribution in [0.3, 0.4) is 0 Å². The van der Waals surface area contributed by atoms with Crippen molar-refractivity contribution in [3.05, 3.63) is 56.2 Å². The Morgan fingerprint density at radius 2 is 2.00 bits per heavy atom. The van der Waals surface area contributed by atoms with E-state index in [2.05, 4.69) is 28.9 Å². The lowest BCUT2D eigenvalue weighted by Crippen LogP contribution is -2.15. The van der Waals surface area contributed by atoms with Gasteiger partial charge in [-0.1, -0.05) is 37.0 Å². The first kappa shape index (κ1) is 17.0. The van der Waals surface area contributed by atoms with Gasteiger partial charge in [-0.05, 0) is 36.6 Å². The van der Waals surface area contributed by atoms with Crippen molar-refractivity contribution in [2.45, 2.75) is 39.2 Å². The van der Waals surface area contributed by atoms with Crippen LogP contribution in [-0.2, 0) is 6.42 Å². The number of H-pyrrole nitrogens is 1. The van der Waals surface area contributed by atoms with E-state index in [1.807, 2.05) is 4.68 Å². The zero-order chi connectivity index (χ0) is 17.3. The van der Waals surface area contributed by atoms with Crippen LogP contribution >= 0.6 is 23.2 Å². The molecule has 0 saturated carbocycles. The minimum Gasteiger partial charge on any atom is -0.310 e. The Kier molecular flexibility index (Phi) is 4.92. The van der Waals surface area contributed by atoms with E-state index in [-0.39, 0.29) is 11.6 Å². The maximum Gasteiger partial charge on any atom is 0.262 e. The third kappa shape index (κ3) is 3.19. The molecule has 126 valence electrons. The number of halogens is 2. The zero-order valence-electron chi connectivity index (χ0n) is 13.5. The molecule has 2 aromatic heterocycles. The van der Waals surface area contributed by atoms with Crippen molar-refractivity contribution in [1.29, 1.82) is 0 Å². The number of aromatic amines is 1. The van der Waals surface area contributed by atoms with E-state index in [9.17, 15) is 4.79 Å². The average Bonchev–Trinajstić information content (AvgIpc) is 2.97. The molecule has 0 aliphatic rings. The van der Waals surface area contributed by atoms with Crippen molar-refractivity contribution in [1.82, 2.24) is 19.7 Å². The van der Waals surface area contributed by atoms with Gasteiger partial charge in [0.2, 0.25) is 0 Å². The van der Waals surface area contributed by atoms with Gasteiger partial charge in [0.05, 0.1) is 12.2 Å². The van der Waals surface area contributed by atoms with Crippen LogP contribution in [0.5, 0.6) is 0 Å². The molecule has 1 N–H and O–H groups in total. The Morgan fingerprint density at radius 1 is 1.25 bits per heavy atom. The molecule has 7 heteroatoms. The first-order valence-corrected chi connectivity index (χ1v) is 8.69. The molecular weight excluding hydrogens is 347 g/mol. The minimum absolute atomic E-state index is 0.189. The molecule has 1 aromatic carbocycles. The predicted octanol–water partition coefficient (Wildman–Crippen LogP) is 4.38. The van der Waals surface area contributed by atoms with E-state index >= 15 is 0 Å². The summed E-state index contributed by atoms with van der Waals surface area (Å²) in [4.78, 5) is 19.8. The molecule has 0 saturated heterocycles. The number of aromatic nitrogens is 4. The Hall–Kier alpha value is -1.85. The van der Waals surface area contributed by atoms with Gasteiger partial charge in [0.15, 0.2) is 5.65 Å². The monoisotopic (exact) mass is 364 g/mol. The second-order valence-electron chi connectivity index (χ2n) is 5.72. The summed E-state index contributed by atoms with van der Waals surface area (Å²) < 4.78 is 1.84. The van der Waals surface area contributed by atoms with E-state index < -0.39 is 0 Å². The van der Waals surface area contributed by atoms with E-state index in [0.717, 1.165) is 18.4 Å². The molecule has 0 atom stereocenters. The number of hydrogen-bond acceptors (Lipinski definition) is 3. The van der Waals surface area contributed by atoms with Crippen LogP contribution < -0.4 is 5.56 Å². The van der Waals surface area contributed by atoms with Gasteiger partial charge in [-0.3, -0.25) is 4.79 Å².